The molecule has 1 saturated heterocycles. The minimum Gasteiger partial charge on any atom is -0.447 e. The first kappa shape index (κ1) is 20.2. The summed E-state index contributed by atoms with van der Waals surface area (Å²) < 4.78 is 11.8. The van der Waals surface area contributed by atoms with Gasteiger partial charge in [-0.3, -0.25) is 4.79 Å². The van der Waals surface area contributed by atoms with Crippen molar-refractivity contribution in [2.45, 2.75) is 83.7 Å². The predicted molar refractivity (Wildman–Crippen MR) is 101 cm³/mol. The van der Waals surface area contributed by atoms with Crippen molar-refractivity contribution in [3.63, 3.8) is 0 Å². The number of amides is 2. The molecule has 1 aliphatic carbocycles. The average Bonchev–Trinajstić information content (AvgIpc) is 3.14. The van der Waals surface area contributed by atoms with E-state index in [-0.39, 0.29) is 35.6 Å². The van der Waals surface area contributed by atoms with Crippen molar-refractivity contribution in [3.8, 4) is 0 Å². The molecule has 2 aliphatic rings. The Labute approximate surface area is 152 Å². The Bertz CT molecular complexity index is 532. The summed E-state index contributed by atoms with van der Waals surface area (Å²) in [5.74, 6) is -0.134. The molecule has 0 aromatic carbocycles. The zero-order valence-electron chi connectivity index (χ0n) is 16.5. The lowest BCUT2D eigenvalue weighted by Crippen LogP contribution is -2.52. The van der Waals surface area contributed by atoms with Crippen LogP contribution >= 0.6 is 0 Å². The molecular formula is C19H33NO4Si. The van der Waals surface area contributed by atoms with Gasteiger partial charge in [-0.05, 0) is 37.9 Å². The van der Waals surface area contributed by atoms with Gasteiger partial charge in [0.2, 0.25) is 5.91 Å². The highest BCUT2D eigenvalue weighted by molar-refractivity contribution is 6.74. The number of carbonyl (C=O) groups excluding carboxylic acids is 2. The molecule has 1 saturated carbocycles. The highest BCUT2D eigenvalue weighted by Gasteiger charge is 2.47. The maximum Gasteiger partial charge on any atom is 0.417 e. The molecule has 1 heterocycles. The van der Waals surface area contributed by atoms with Crippen LogP contribution in [-0.4, -0.2) is 44.0 Å². The molecule has 0 radical (unpaired) electrons. The second-order valence-corrected chi connectivity index (χ2v) is 13.5. The van der Waals surface area contributed by atoms with Crippen molar-refractivity contribution >= 4 is 20.3 Å². The average molecular weight is 368 g/mol. The second kappa shape index (κ2) is 7.62. The maximum atomic E-state index is 12.9. The SMILES string of the molecule is CC=CC(O[Si](C)(C)C(C)(C)C)C1COC(=O)N1C(=O)C1CCCC1. The van der Waals surface area contributed by atoms with Gasteiger partial charge in [0.25, 0.3) is 0 Å². The normalized spacial score (nSPS) is 24.2. The quantitative estimate of drug-likeness (QED) is 0.531. The van der Waals surface area contributed by atoms with Gasteiger partial charge < -0.3 is 9.16 Å². The first-order chi connectivity index (χ1) is 11.6. The number of rotatable bonds is 5. The van der Waals surface area contributed by atoms with E-state index in [0.717, 1.165) is 25.7 Å². The minimum absolute atomic E-state index is 0.0488. The Morgan fingerprint density at radius 2 is 1.92 bits per heavy atom. The lowest BCUT2D eigenvalue weighted by atomic mass is 10.0. The first-order valence-electron chi connectivity index (χ1n) is 9.39. The monoisotopic (exact) mass is 367 g/mol. The largest absolute Gasteiger partial charge is 0.447 e. The van der Waals surface area contributed by atoms with Gasteiger partial charge in [0.1, 0.15) is 12.6 Å². The molecule has 0 N–H and O–H groups in total. The van der Waals surface area contributed by atoms with Gasteiger partial charge in [-0.15, -0.1) is 0 Å². The Morgan fingerprint density at radius 3 is 2.44 bits per heavy atom. The van der Waals surface area contributed by atoms with E-state index in [1.54, 1.807) is 0 Å². The van der Waals surface area contributed by atoms with Crippen LogP contribution in [0.3, 0.4) is 0 Å². The van der Waals surface area contributed by atoms with Crippen LogP contribution in [-0.2, 0) is 14.0 Å². The minimum atomic E-state index is -2.05. The third-order valence-corrected chi connectivity index (χ3v) is 10.3. The van der Waals surface area contributed by atoms with Gasteiger partial charge in [0.15, 0.2) is 8.32 Å². The number of carbonyl (C=O) groups is 2. The van der Waals surface area contributed by atoms with Crippen LogP contribution in [0.5, 0.6) is 0 Å². The Morgan fingerprint density at radius 1 is 1.32 bits per heavy atom. The highest BCUT2D eigenvalue weighted by atomic mass is 28.4. The fourth-order valence-corrected chi connectivity index (χ4v) is 4.52. The number of nitrogens with zero attached hydrogens (tertiary/aromatic N) is 1. The van der Waals surface area contributed by atoms with Crippen LogP contribution < -0.4 is 0 Å². The molecule has 6 heteroatoms. The molecule has 2 unspecified atom stereocenters. The molecule has 2 atom stereocenters. The standard InChI is InChI=1S/C19H33NO4Si/c1-7-10-16(24-25(5,6)19(2,3)4)15-13-23-18(22)20(15)17(21)14-11-8-9-12-14/h7,10,14-16H,8-9,11-13H2,1-6H3. The smallest absolute Gasteiger partial charge is 0.417 e. The molecule has 0 aromatic heterocycles. The van der Waals surface area contributed by atoms with Crippen molar-refractivity contribution in [2.24, 2.45) is 5.92 Å². The van der Waals surface area contributed by atoms with Gasteiger partial charge in [0.05, 0.1) is 6.10 Å². The lowest BCUT2D eigenvalue weighted by molar-refractivity contribution is -0.134. The van der Waals surface area contributed by atoms with E-state index in [2.05, 4.69) is 33.9 Å². The molecule has 0 aromatic rings. The number of hydrogen-bond donors (Lipinski definition) is 0. The van der Waals surface area contributed by atoms with E-state index in [1.807, 2.05) is 19.1 Å². The van der Waals surface area contributed by atoms with Gasteiger partial charge in [-0.1, -0.05) is 45.8 Å². The molecule has 5 nitrogen and oxygen atoms in total. The van der Waals surface area contributed by atoms with Crippen LogP contribution in [0, 0.1) is 5.92 Å². The van der Waals surface area contributed by atoms with Gasteiger partial charge in [-0.2, -0.15) is 0 Å². The third kappa shape index (κ3) is 4.34. The van der Waals surface area contributed by atoms with E-state index in [0.29, 0.717) is 0 Å². The van der Waals surface area contributed by atoms with Crippen molar-refractivity contribution in [3.05, 3.63) is 12.2 Å². The molecule has 25 heavy (non-hydrogen) atoms. The summed E-state index contributed by atoms with van der Waals surface area (Å²) in [4.78, 5) is 26.5. The topological polar surface area (TPSA) is 55.8 Å². The number of hydrogen-bond acceptors (Lipinski definition) is 4. The maximum absolute atomic E-state index is 12.9. The van der Waals surface area contributed by atoms with Crippen molar-refractivity contribution in [2.75, 3.05) is 6.61 Å². The van der Waals surface area contributed by atoms with Gasteiger partial charge >= 0.3 is 6.09 Å². The van der Waals surface area contributed by atoms with E-state index in [4.69, 9.17) is 9.16 Å². The van der Waals surface area contributed by atoms with Crippen LogP contribution in [0.1, 0.15) is 53.4 Å². The number of allylic oxidation sites excluding steroid dienone is 1. The highest BCUT2D eigenvalue weighted by Crippen LogP contribution is 2.39. The molecule has 0 bridgehead atoms. The Hall–Kier alpha value is -1.14. The Balaban J connectivity index is 2.23. The number of cyclic esters (lactones) is 1. The van der Waals surface area contributed by atoms with E-state index < -0.39 is 14.4 Å². The molecule has 2 amide bonds. The van der Waals surface area contributed by atoms with Crippen LogP contribution in [0.25, 0.3) is 0 Å². The summed E-state index contributed by atoms with van der Waals surface area (Å²) in [6.45, 7) is 13.1. The predicted octanol–water partition coefficient (Wildman–Crippen LogP) is 4.49. The fourth-order valence-electron chi connectivity index (χ4n) is 3.25. The van der Waals surface area contributed by atoms with Crippen molar-refractivity contribution < 1.29 is 18.8 Å². The summed E-state index contributed by atoms with van der Waals surface area (Å²) in [6.07, 6.45) is 6.91. The third-order valence-electron chi connectivity index (χ3n) is 5.85. The lowest BCUT2D eigenvalue weighted by Gasteiger charge is -2.40. The fraction of sp³-hybridized carbons (Fsp3) is 0.789. The first-order valence-corrected chi connectivity index (χ1v) is 12.3. The van der Waals surface area contributed by atoms with E-state index in [1.165, 1.54) is 4.90 Å². The zero-order valence-corrected chi connectivity index (χ0v) is 17.5. The molecule has 2 rings (SSSR count). The van der Waals surface area contributed by atoms with Gasteiger partial charge in [-0.25, -0.2) is 9.69 Å². The molecule has 1 aliphatic heterocycles. The molecular weight excluding hydrogens is 334 g/mol. The molecule has 142 valence electrons. The zero-order chi connectivity index (χ0) is 18.8. The molecule has 2 fully saturated rings. The summed E-state index contributed by atoms with van der Waals surface area (Å²) in [7, 11) is -2.05. The second-order valence-electron chi connectivity index (χ2n) is 8.70. The number of ether oxygens (including phenoxy) is 1. The summed E-state index contributed by atoms with van der Waals surface area (Å²) in [5.41, 5.74) is 0. The van der Waals surface area contributed by atoms with Crippen LogP contribution in [0.2, 0.25) is 18.1 Å². The molecule has 0 spiro atoms. The summed E-state index contributed by atoms with van der Waals surface area (Å²) in [5, 5.41) is 0.0522. The van der Waals surface area contributed by atoms with Crippen LogP contribution in [0.4, 0.5) is 4.79 Å². The van der Waals surface area contributed by atoms with Crippen molar-refractivity contribution in [1.29, 1.82) is 0 Å². The van der Waals surface area contributed by atoms with E-state index in [9.17, 15) is 9.59 Å². The van der Waals surface area contributed by atoms with Crippen LogP contribution in [0.15, 0.2) is 12.2 Å². The summed E-state index contributed by atoms with van der Waals surface area (Å²) >= 11 is 0. The van der Waals surface area contributed by atoms with E-state index >= 15 is 0 Å². The van der Waals surface area contributed by atoms with Gasteiger partial charge in [0, 0.05) is 5.92 Å². The Kier molecular flexibility index (Phi) is 6.15. The van der Waals surface area contributed by atoms with Crippen molar-refractivity contribution in [1.82, 2.24) is 4.90 Å². The number of imide groups is 1. The summed E-state index contributed by atoms with van der Waals surface area (Å²) in [6, 6.07) is -0.370.